The summed E-state index contributed by atoms with van der Waals surface area (Å²) in [5, 5.41) is 3.05. The van der Waals surface area contributed by atoms with Crippen LogP contribution in [0.25, 0.3) is 0 Å². The molecule has 1 aliphatic heterocycles. The average molecular weight is 344 g/mol. The number of ether oxygens (including phenoxy) is 1. The van der Waals surface area contributed by atoms with Crippen molar-refractivity contribution in [1.29, 1.82) is 0 Å². The molecule has 1 saturated carbocycles. The van der Waals surface area contributed by atoms with E-state index in [1.165, 1.54) is 37.7 Å². The molecule has 0 unspecified atom stereocenters. The molecule has 1 saturated heterocycles. The van der Waals surface area contributed by atoms with Crippen molar-refractivity contribution in [2.24, 2.45) is 5.92 Å². The molecule has 1 aromatic carbocycles. The molecule has 1 aliphatic carbocycles. The minimum absolute atomic E-state index is 0.130. The highest BCUT2D eigenvalue weighted by Crippen LogP contribution is 2.37. The molecule has 1 amide bonds. The maximum Gasteiger partial charge on any atom is 0.234 e. The smallest absolute Gasteiger partial charge is 0.234 e. The van der Waals surface area contributed by atoms with Crippen LogP contribution in [-0.4, -0.2) is 43.2 Å². The number of hydrogen-bond acceptors (Lipinski definition) is 3. The quantitative estimate of drug-likeness (QED) is 0.734. The largest absolute Gasteiger partial charge is 0.378 e. The van der Waals surface area contributed by atoms with E-state index in [9.17, 15) is 4.79 Å². The number of benzene rings is 1. The predicted octanol–water partition coefficient (Wildman–Crippen LogP) is 3.54. The summed E-state index contributed by atoms with van der Waals surface area (Å²) in [5.41, 5.74) is 1.31. The van der Waals surface area contributed by atoms with E-state index >= 15 is 0 Å². The zero-order chi connectivity index (χ0) is 17.5. The van der Waals surface area contributed by atoms with Gasteiger partial charge in [-0.1, -0.05) is 56.5 Å². The molecule has 0 radical (unpaired) electrons. The summed E-state index contributed by atoms with van der Waals surface area (Å²) < 4.78 is 5.91. The zero-order valence-electron chi connectivity index (χ0n) is 15.5. The lowest BCUT2D eigenvalue weighted by atomic mass is 9.85. The van der Waals surface area contributed by atoms with E-state index < -0.39 is 0 Å². The van der Waals surface area contributed by atoms with Gasteiger partial charge >= 0.3 is 0 Å². The lowest BCUT2D eigenvalue weighted by Crippen LogP contribution is -2.52. The van der Waals surface area contributed by atoms with Crippen LogP contribution < -0.4 is 5.32 Å². The van der Waals surface area contributed by atoms with Crippen LogP contribution in [0.5, 0.6) is 0 Å². The maximum absolute atomic E-state index is 12.2. The van der Waals surface area contributed by atoms with Crippen molar-refractivity contribution in [2.75, 3.05) is 26.2 Å². The van der Waals surface area contributed by atoms with Crippen LogP contribution in [0.2, 0.25) is 0 Å². The Labute approximate surface area is 151 Å². The molecule has 0 aromatic heterocycles. The van der Waals surface area contributed by atoms with Crippen molar-refractivity contribution in [1.82, 2.24) is 10.2 Å². The van der Waals surface area contributed by atoms with E-state index in [0.29, 0.717) is 31.2 Å². The van der Waals surface area contributed by atoms with E-state index in [1.54, 1.807) is 0 Å². The predicted molar refractivity (Wildman–Crippen MR) is 100 cm³/mol. The second kappa shape index (κ2) is 9.35. The van der Waals surface area contributed by atoms with Crippen LogP contribution in [0.15, 0.2) is 30.3 Å². The summed E-state index contributed by atoms with van der Waals surface area (Å²) in [7, 11) is 0. The number of nitrogens with one attached hydrogen (secondary N) is 1. The topological polar surface area (TPSA) is 41.6 Å². The highest BCUT2D eigenvalue weighted by Gasteiger charge is 2.37. The summed E-state index contributed by atoms with van der Waals surface area (Å²) >= 11 is 0. The molecule has 0 spiro atoms. The molecule has 1 N–H and O–H groups in total. The van der Waals surface area contributed by atoms with Gasteiger partial charge in [0.2, 0.25) is 5.91 Å². The Morgan fingerprint density at radius 3 is 2.68 bits per heavy atom. The fourth-order valence-electron chi connectivity index (χ4n) is 4.18. The van der Waals surface area contributed by atoms with Crippen LogP contribution in [0.1, 0.15) is 57.1 Å². The Morgan fingerprint density at radius 2 is 1.96 bits per heavy atom. The highest BCUT2D eigenvalue weighted by atomic mass is 16.5. The first-order valence-corrected chi connectivity index (χ1v) is 9.91. The van der Waals surface area contributed by atoms with Gasteiger partial charge in [-0.2, -0.15) is 0 Å². The van der Waals surface area contributed by atoms with Crippen molar-refractivity contribution in [3.63, 3.8) is 0 Å². The number of hydrogen-bond donors (Lipinski definition) is 1. The zero-order valence-corrected chi connectivity index (χ0v) is 15.5. The standard InChI is InChI=1S/C21H32N2O2/c1-17-15-23(21(17)18-9-4-2-5-10-18)16-20(24)22-13-8-14-25-19-11-6-3-7-12-19/h2,4-5,9-10,17,19,21H,3,6-8,11-16H2,1H3,(H,22,24)/t17-,21+/m0/s1. The fraction of sp³-hybridized carbons (Fsp3) is 0.667. The Balaban J connectivity index is 1.31. The molecule has 3 rings (SSSR count). The van der Waals surface area contributed by atoms with Gasteiger partial charge in [0.05, 0.1) is 12.6 Å². The SMILES string of the molecule is C[C@H]1CN(CC(=O)NCCCOC2CCCCC2)[C@H]1c1ccccc1. The van der Waals surface area contributed by atoms with Crippen molar-refractivity contribution in [3.8, 4) is 0 Å². The van der Waals surface area contributed by atoms with E-state index in [-0.39, 0.29) is 5.91 Å². The lowest BCUT2D eigenvalue weighted by molar-refractivity contribution is -0.125. The Kier molecular flexibility index (Phi) is 6.88. The summed E-state index contributed by atoms with van der Waals surface area (Å²) in [6.45, 7) is 5.23. The third-order valence-corrected chi connectivity index (χ3v) is 5.49. The number of amides is 1. The molecule has 4 nitrogen and oxygen atoms in total. The van der Waals surface area contributed by atoms with Crippen molar-refractivity contribution >= 4 is 5.91 Å². The van der Waals surface area contributed by atoms with E-state index in [4.69, 9.17) is 4.74 Å². The average Bonchev–Trinajstić information content (AvgIpc) is 2.62. The number of likely N-dealkylation sites (tertiary alicyclic amines) is 1. The van der Waals surface area contributed by atoms with Crippen molar-refractivity contribution < 1.29 is 9.53 Å². The number of rotatable bonds is 8. The molecule has 4 heteroatoms. The molecule has 1 aromatic rings. The minimum Gasteiger partial charge on any atom is -0.378 e. The number of carbonyl (C=O) groups excluding carboxylic acids is 1. The molecule has 2 atom stereocenters. The second-order valence-corrected chi connectivity index (χ2v) is 7.60. The van der Waals surface area contributed by atoms with Gasteiger partial charge in [0.1, 0.15) is 0 Å². The summed E-state index contributed by atoms with van der Waals surface area (Å²) in [6.07, 6.45) is 7.74. The van der Waals surface area contributed by atoms with Gasteiger partial charge in [0, 0.05) is 25.7 Å². The van der Waals surface area contributed by atoms with Crippen LogP contribution in [-0.2, 0) is 9.53 Å². The Bertz CT molecular complexity index is 528. The number of carbonyl (C=O) groups is 1. The fourth-order valence-corrected chi connectivity index (χ4v) is 4.18. The molecule has 25 heavy (non-hydrogen) atoms. The maximum atomic E-state index is 12.2. The van der Waals surface area contributed by atoms with E-state index in [2.05, 4.69) is 41.4 Å². The summed E-state index contributed by atoms with van der Waals surface area (Å²) in [6, 6.07) is 10.9. The monoisotopic (exact) mass is 344 g/mol. The first kappa shape index (κ1) is 18.4. The van der Waals surface area contributed by atoms with Crippen LogP contribution in [0.4, 0.5) is 0 Å². The van der Waals surface area contributed by atoms with Gasteiger partial charge in [-0.05, 0) is 30.7 Å². The summed E-state index contributed by atoms with van der Waals surface area (Å²) in [5.74, 6) is 0.740. The van der Waals surface area contributed by atoms with E-state index in [1.807, 2.05) is 6.07 Å². The molecular weight excluding hydrogens is 312 g/mol. The third-order valence-electron chi connectivity index (χ3n) is 5.49. The highest BCUT2D eigenvalue weighted by molar-refractivity contribution is 5.78. The van der Waals surface area contributed by atoms with Crippen LogP contribution in [0.3, 0.4) is 0 Å². The minimum atomic E-state index is 0.130. The van der Waals surface area contributed by atoms with Gasteiger partial charge in [-0.15, -0.1) is 0 Å². The molecule has 2 aliphatic rings. The number of nitrogens with zero attached hydrogens (tertiary/aromatic N) is 1. The van der Waals surface area contributed by atoms with E-state index in [0.717, 1.165) is 19.6 Å². The Hall–Kier alpha value is -1.39. The first-order chi connectivity index (χ1) is 12.2. The molecule has 0 bridgehead atoms. The van der Waals surface area contributed by atoms with Gasteiger partial charge in [0.25, 0.3) is 0 Å². The first-order valence-electron chi connectivity index (χ1n) is 9.91. The summed E-state index contributed by atoms with van der Waals surface area (Å²) in [4.78, 5) is 14.5. The molecule has 2 fully saturated rings. The second-order valence-electron chi connectivity index (χ2n) is 7.60. The normalized spacial score (nSPS) is 24.7. The van der Waals surface area contributed by atoms with Gasteiger partial charge < -0.3 is 10.1 Å². The molecular formula is C21H32N2O2. The van der Waals surface area contributed by atoms with Gasteiger partial charge in [-0.25, -0.2) is 0 Å². The molecule has 1 heterocycles. The van der Waals surface area contributed by atoms with Crippen molar-refractivity contribution in [3.05, 3.63) is 35.9 Å². The van der Waals surface area contributed by atoms with Crippen LogP contribution in [0, 0.1) is 5.92 Å². The lowest BCUT2D eigenvalue weighted by Gasteiger charge is -2.46. The van der Waals surface area contributed by atoms with Gasteiger partial charge in [0.15, 0.2) is 0 Å². The van der Waals surface area contributed by atoms with Crippen molar-refractivity contribution in [2.45, 2.75) is 57.6 Å². The Morgan fingerprint density at radius 1 is 1.20 bits per heavy atom. The van der Waals surface area contributed by atoms with Crippen LogP contribution >= 0.6 is 0 Å². The van der Waals surface area contributed by atoms with Gasteiger partial charge in [-0.3, -0.25) is 9.69 Å². The molecule has 138 valence electrons. The third kappa shape index (κ3) is 5.29.